The van der Waals surface area contributed by atoms with E-state index in [-0.39, 0.29) is 6.04 Å². The molecule has 0 fully saturated rings. The van der Waals surface area contributed by atoms with E-state index >= 15 is 0 Å². The fraction of sp³-hybridized carbons (Fsp3) is 0.235. The van der Waals surface area contributed by atoms with Gasteiger partial charge in [0.25, 0.3) is 0 Å². The van der Waals surface area contributed by atoms with Crippen molar-refractivity contribution in [1.82, 2.24) is 15.3 Å². The summed E-state index contributed by atoms with van der Waals surface area (Å²) in [5, 5.41) is 4.93. The van der Waals surface area contributed by atoms with E-state index in [9.17, 15) is 0 Å². The van der Waals surface area contributed by atoms with Gasteiger partial charge in [-0.15, -0.1) is 0 Å². The van der Waals surface area contributed by atoms with Crippen LogP contribution in [-0.2, 0) is 6.42 Å². The number of nitrogens with zero attached hydrogens (tertiary/aromatic N) is 1. The zero-order valence-electron chi connectivity index (χ0n) is 11.5. The summed E-state index contributed by atoms with van der Waals surface area (Å²) < 4.78 is 0. The molecule has 1 aliphatic rings. The van der Waals surface area contributed by atoms with E-state index in [1.54, 1.807) is 0 Å². The lowest BCUT2D eigenvalue weighted by atomic mass is 9.97. The van der Waals surface area contributed by atoms with Crippen LogP contribution in [0.25, 0.3) is 10.9 Å². The number of aromatic nitrogens is 2. The first-order valence-corrected chi connectivity index (χ1v) is 7.08. The predicted molar refractivity (Wildman–Crippen MR) is 80.8 cm³/mol. The normalized spacial score (nSPS) is 18.1. The lowest BCUT2D eigenvalue weighted by molar-refractivity contribution is 0.549. The van der Waals surface area contributed by atoms with Crippen LogP contribution in [0.15, 0.2) is 42.6 Å². The van der Waals surface area contributed by atoms with Crippen LogP contribution in [0.4, 0.5) is 0 Å². The van der Waals surface area contributed by atoms with Crippen molar-refractivity contribution in [3.63, 3.8) is 0 Å². The van der Waals surface area contributed by atoms with Gasteiger partial charge in [-0.05, 0) is 36.6 Å². The molecular formula is C17H17N3. The van der Waals surface area contributed by atoms with Gasteiger partial charge in [0.05, 0.1) is 11.7 Å². The van der Waals surface area contributed by atoms with E-state index < -0.39 is 0 Å². The van der Waals surface area contributed by atoms with Gasteiger partial charge in [-0.3, -0.25) is 4.98 Å². The maximum atomic E-state index is 4.59. The summed E-state index contributed by atoms with van der Waals surface area (Å²) in [4.78, 5) is 8.17. The molecule has 0 aliphatic carbocycles. The molecular weight excluding hydrogens is 246 g/mol. The van der Waals surface area contributed by atoms with Gasteiger partial charge in [0, 0.05) is 29.3 Å². The number of hydrogen-bond acceptors (Lipinski definition) is 2. The molecule has 1 atom stereocenters. The van der Waals surface area contributed by atoms with Gasteiger partial charge in [-0.2, -0.15) is 0 Å². The maximum absolute atomic E-state index is 4.59. The van der Waals surface area contributed by atoms with Gasteiger partial charge in [0.1, 0.15) is 0 Å². The quantitative estimate of drug-likeness (QED) is 0.708. The van der Waals surface area contributed by atoms with Crippen LogP contribution in [0.2, 0.25) is 0 Å². The molecule has 0 saturated heterocycles. The molecule has 0 spiro atoms. The maximum Gasteiger partial charge on any atom is 0.0906 e. The van der Waals surface area contributed by atoms with Gasteiger partial charge < -0.3 is 10.3 Å². The number of H-pyrrole nitrogens is 1. The van der Waals surface area contributed by atoms with Gasteiger partial charge in [-0.1, -0.05) is 24.3 Å². The molecule has 2 N–H and O–H groups in total. The fourth-order valence-corrected chi connectivity index (χ4v) is 3.08. The van der Waals surface area contributed by atoms with E-state index in [2.05, 4.69) is 58.6 Å². The third kappa shape index (κ3) is 1.74. The molecule has 3 heterocycles. The highest BCUT2D eigenvalue weighted by molar-refractivity contribution is 5.85. The van der Waals surface area contributed by atoms with E-state index in [0.717, 1.165) is 18.7 Å². The van der Waals surface area contributed by atoms with Gasteiger partial charge in [-0.25, -0.2) is 0 Å². The topological polar surface area (TPSA) is 40.7 Å². The first-order chi connectivity index (χ1) is 9.83. The SMILES string of the molecule is Cc1ccc(C2NCCc3c2[nH]c2ccccc32)nc1. The minimum absolute atomic E-state index is 0.173. The fourth-order valence-electron chi connectivity index (χ4n) is 3.08. The summed E-state index contributed by atoms with van der Waals surface area (Å²) in [5.41, 5.74) is 6.21. The van der Waals surface area contributed by atoms with Crippen molar-refractivity contribution < 1.29 is 0 Å². The number of para-hydroxylation sites is 1. The molecule has 0 bridgehead atoms. The molecule has 4 rings (SSSR count). The van der Waals surface area contributed by atoms with E-state index in [4.69, 9.17) is 0 Å². The monoisotopic (exact) mass is 263 g/mol. The van der Waals surface area contributed by atoms with Crippen molar-refractivity contribution >= 4 is 10.9 Å². The molecule has 1 unspecified atom stereocenters. The van der Waals surface area contributed by atoms with Crippen LogP contribution in [0.5, 0.6) is 0 Å². The average molecular weight is 263 g/mol. The highest BCUT2D eigenvalue weighted by atomic mass is 15.0. The largest absolute Gasteiger partial charge is 0.357 e. The summed E-state index contributed by atoms with van der Waals surface area (Å²) >= 11 is 0. The van der Waals surface area contributed by atoms with Crippen LogP contribution >= 0.6 is 0 Å². The Morgan fingerprint density at radius 3 is 2.90 bits per heavy atom. The molecule has 0 amide bonds. The minimum Gasteiger partial charge on any atom is -0.357 e. The lowest BCUT2D eigenvalue weighted by Gasteiger charge is -2.24. The summed E-state index contributed by atoms with van der Waals surface area (Å²) in [6.07, 6.45) is 3.01. The molecule has 1 aliphatic heterocycles. The van der Waals surface area contributed by atoms with Gasteiger partial charge in [0.2, 0.25) is 0 Å². The Labute approximate surface area is 118 Å². The summed E-state index contributed by atoms with van der Waals surface area (Å²) in [7, 11) is 0. The van der Waals surface area contributed by atoms with Crippen molar-refractivity contribution in [2.75, 3.05) is 6.54 Å². The second-order valence-electron chi connectivity index (χ2n) is 5.46. The Balaban J connectivity index is 1.87. The molecule has 100 valence electrons. The number of aryl methyl sites for hydroxylation is 1. The number of pyridine rings is 1. The second-order valence-corrected chi connectivity index (χ2v) is 5.46. The summed E-state index contributed by atoms with van der Waals surface area (Å²) in [6, 6.07) is 13.0. The van der Waals surface area contributed by atoms with Crippen LogP contribution in [0, 0.1) is 6.92 Å². The molecule has 2 aromatic heterocycles. The number of nitrogens with one attached hydrogen (secondary N) is 2. The predicted octanol–water partition coefficient (Wildman–Crippen LogP) is 3.11. The Morgan fingerprint density at radius 1 is 1.15 bits per heavy atom. The Bertz CT molecular complexity index is 756. The molecule has 3 aromatic rings. The molecule has 3 heteroatoms. The molecule has 20 heavy (non-hydrogen) atoms. The highest BCUT2D eigenvalue weighted by Gasteiger charge is 2.25. The smallest absolute Gasteiger partial charge is 0.0906 e. The van der Waals surface area contributed by atoms with E-state index in [1.807, 2.05) is 6.20 Å². The Kier molecular flexibility index (Phi) is 2.60. The lowest BCUT2D eigenvalue weighted by Crippen LogP contribution is -2.31. The zero-order chi connectivity index (χ0) is 13.5. The number of benzene rings is 1. The number of rotatable bonds is 1. The van der Waals surface area contributed by atoms with Crippen molar-refractivity contribution in [2.24, 2.45) is 0 Å². The Morgan fingerprint density at radius 2 is 2.05 bits per heavy atom. The van der Waals surface area contributed by atoms with Crippen LogP contribution in [-0.4, -0.2) is 16.5 Å². The van der Waals surface area contributed by atoms with Crippen LogP contribution in [0.3, 0.4) is 0 Å². The van der Waals surface area contributed by atoms with E-state index in [0.29, 0.717) is 0 Å². The first-order valence-electron chi connectivity index (χ1n) is 7.08. The van der Waals surface area contributed by atoms with Crippen molar-refractivity contribution in [3.05, 3.63) is 65.1 Å². The second kappa shape index (κ2) is 4.46. The summed E-state index contributed by atoms with van der Waals surface area (Å²) in [6.45, 7) is 3.06. The van der Waals surface area contributed by atoms with Crippen molar-refractivity contribution in [2.45, 2.75) is 19.4 Å². The number of hydrogen-bond donors (Lipinski definition) is 2. The van der Waals surface area contributed by atoms with Crippen LogP contribution in [0.1, 0.15) is 28.6 Å². The van der Waals surface area contributed by atoms with Gasteiger partial charge in [0.15, 0.2) is 0 Å². The number of fused-ring (bicyclic) bond motifs is 3. The molecule has 0 saturated carbocycles. The first kappa shape index (κ1) is 11.7. The van der Waals surface area contributed by atoms with E-state index in [1.165, 1.54) is 27.7 Å². The Hall–Kier alpha value is -2.13. The summed E-state index contributed by atoms with van der Waals surface area (Å²) in [5.74, 6) is 0. The average Bonchev–Trinajstić information content (AvgIpc) is 2.87. The standard InChI is InChI=1S/C17H17N3/c1-11-6-7-15(19-10-11)17-16-13(8-9-18-17)12-4-2-3-5-14(12)20-16/h2-7,10,17-18,20H,8-9H2,1H3. The molecule has 1 aromatic carbocycles. The molecule has 0 radical (unpaired) electrons. The van der Waals surface area contributed by atoms with Crippen LogP contribution < -0.4 is 5.32 Å². The number of aromatic amines is 1. The highest BCUT2D eigenvalue weighted by Crippen LogP contribution is 2.32. The van der Waals surface area contributed by atoms with Crippen molar-refractivity contribution in [1.29, 1.82) is 0 Å². The molecule has 3 nitrogen and oxygen atoms in total. The zero-order valence-corrected chi connectivity index (χ0v) is 11.5. The third-order valence-electron chi connectivity index (χ3n) is 4.09. The third-order valence-corrected chi connectivity index (χ3v) is 4.09. The minimum atomic E-state index is 0.173. The van der Waals surface area contributed by atoms with Crippen molar-refractivity contribution in [3.8, 4) is 0 Å². The van der Waals surface area contributed by atoms with Gasteiger partial charge >= 0.3 is 0 Å².